The van der Waals surface area contributed by atoms with E-state index in [4.69, 9.17) is 10.5 Å². The van der Waals surface area contributed by atoms with Crippen LogP contribution in [0.3, 0.4) is 0 Å². The van der Waals surface area contributed by atoms with Gasteiger partial charge in [0.15, 0.2) is 11.4 Å². The van der Waals surface area contributed by atoms with Crippen LogP contribution in [0.5, 0.6) is 5.75 Å². The number of hydrogen-bond donors (Lipinski definition) is 2. The zero-order valence-corrected chi connectivity index (χ0v) is 11.4. The van der Waals surface area contributed by atoms with Crippen LogP contribution in [0.4, 0.5) is 0 Å². The maximum Gasteiger partial charge on any atom is 0.271 e. The molecule has 1 atom stereocenters. The second-order valence-electron chi connectivity index (χ2n) is 3.82. The molecule has 18 heavy (non-hydrogen) atoms. The van der Waals surface area contributed by atoms with Gasteiger partial charge in [0.05, 0.1) is 0 Å². The fraction of sp³-hybridized carbons (Fsp3) is 0.455. The van der Waals surface area contributed by atoms with Crippen molar-refractivity contribution in [1.82, 2.24) is 10.3 Å². The molecule has 0 spiro atoms. The number of carbonyl (C=O) groups is 1. The quantitative estimate of drug-likeness (QED) is 0.873. The maximum atomic E-state index is 11.1. The van der Waals surface area contributed by atoms with E-state index in [9.17, 15) is 4.79 Å². The Labute approximate surface area is 118 Å². The summed E-state index contributed by atoms with van der Waals surface area (Å²) in [6.45, 7) is 1.58. The minimum absolute atomic E-state index is 0. The van der Waals surface area contributed by atoms with Crippen LogP contribution < -0.4 is 15.8 Å². The molecule has 1 aromatic heterocycles. The summed E-state index contributed by atoms with van der Waals surface area (Å²) >= 11 is 0. The molecule has 0 unspecified atom stereocenters. The lowest BCUT2D eigenvalue weighted by Crippen LogP contribution is -2.28. The SMILES string of the molecule is Cl.Cl.NC(=O)c1ncccc1OC[C@H]1CCCN1. The van der Waals surface area contributed by atoms with Crippen LogP contribution in [-0.4, -0.2) is 30.1 Å². The van der Waals surface area contributed by atoms with Gasteiger partial charge in [-0.2, -0.15) is 0 Å². The van der Waals surface area contributed by atoms with E-state index >= 15 is 0 Å². The van der Waals surface area contributed by atoms with Crippen LogP contribution in [0.25, 0.3) is 0 Å². The Morgan fingerprint density at radius 1 is 1.56 bits per heavy atom. The van der Waals surface area contributed by atoms with Crippen LogP contribution in [0.1, 0.15) is 23.3 Å². The first kappa shape index (κ1) is 17.0. The molecule has 102 valence electrons. The van der Waals surface area contributed by atoms with E-state index in [-0.39, 0.29) is 30.5 Å². The molecule has 2 heterocycles. The average Bonchev–Trinajstić information content (AvgIpc) is 2.79. The number of aromatic nitrogens is 1. The topological polar surface area (TPSA) is 77.2 Å². The molecule has 0 saturated carbocycles. The molecule has 1 aliphatic heterocycles. The third kappa shape index (κ3) is 4.33. The number of hydrogen-bond acceptors (Lipinski definition) is 4. The predicted molar refractivity (Wildman–Crippen MR) is 73.8 cm³/mol. The van der Waals surface area contributed by atoms with E-state index in [0.717, 1.165) is 13.0 Å². The number of nitrogens with two attached hydrogens (primary N) is 1. The van der Waals surface area contributed by atoms with Crippen molar-refractivity contribution in [1.29, 1.82) is 0 Å². The van der Waals surface area contributed by atoms with Crippen molar-refractivity contribution in [2.24, 2.45) is 5.73 Å². The summed E-state index contributed by atoms with van der Waals surface area (Å²) in [6.07, 6.45) is 3.80. The molecule has 5 nitrogen and oxygen atoms in total. The summed E-state index contributed by atoms with van der Waals surface area (Å²) in [5, 5.41) is 3.31. The minimum atomic E-state index is -0.560. The van der Waals surface area contributed by atoms with Gasteiger partial charge in [-0.05, 0) is 31.5 Å². The fourth-order valence-corrected chi connectivity index (χ4v) is 1.78. The van der Waals surface area contributed by atoms with Gasteiger partial charge >= 0.3 is 0 Å². The standard InChI is InChI=1S/C11H15N3O2.2ClH/c12-11(15)10-9(4-2-6-14-10)16-7-8-3-1-5-13-8;;/h2,4,6,8,13H,1,3,5,7H2,(H2,12,15);2*1H/t8-;;/m1../s1. The van der Waals surface area contributed by atoms with Gasteiger partial charge in [0.2, 0.25) is 0 Å². The van der Waals surface area contributed by atoms with Crippen LogP contribution in [0, 0.1) is 0 Å². The van der Waals surface area contributed by atoms with Crippen molar-refractivity contribution >= 4 is 30.7 Å². The molecule has 0 aliphatic carbocycles. The Hall–Kier alpha value is -1.04. The number of nitrogens with one attached hydrogen (secondary N) is 1. The Morgan fingerprint density at radius 3 is 2.94 bits per heavy atom. The number of ether oxygens (including phenoxy) is 1. The number of pyridine rings is 1. The van der Waals surface area contributed by atoms with Gasteiger partial charge in [-0.25, -0.2) is 4.98 Å². The van der Waals surface area contributed by atoms with Gasteiger partial charge in [0, 0.05) is 12.2 Å². The molecule has 0 bridgehead atoms. The van der Waals surface area contributed by atoms with Gasteiger partial charge in [0.25, 0.3) is 5.91 Å². The predicted octanol–water partition coefficient (Wildman–Crippen LogP) is 1.15. The third-order valence-corrected chi connectivity index (χ3v) is 2.61. The zero-order chi connectivity index (χ0) is 11.4. The first-order valence-corrected chi connectivity index (χ1v) is 5.38. The highest BCUT2D eigenvalue weighted by Crippen LogP contribution is 2.16. The monoisotopic (exact) mass is 293 g/mol. The lowest BCUT2D eigenvalue weighted by atomic mass is 10.2. The van der Waals surface area contributed by atoms with Crippen molar-refractivity contribution < 1.29 is 9.53 Å². The number of primary amides is 1. The van der Waals surface area contributed by atoms with Gasteiger partial charge in [-0.15, -0.1) is 24.8 Å². The Morgan fingerprint density at radius 2 is 2.33 bits per heavy atom. The van der Waals surface area contributed by atoms with Crippen LogP contribution >= 0.6 is 24.8 Å². The van der Waals surface area contributed by atoms with Gasteiger partial charge in [0.1, 0.15) is 6.61 Å². The largest absolute Gasteiger partial charge is 0.489 e. The highest BCUT2D eigenvalue weighted by atomic mass is 35.5. The van der Waals surface area contributed by atoms with Gasteiger partial charge < -0.3 is 15.8 Å². The van der Waals surface area contributed by atoms with E-state index < -0.39 is 5.91 Å². The van der Waals surface area contributed by atoms with Crippen molar-refractivity contribution in [2.75, 3.05) is 13.2 Å². The number of rotatable bonds is 4. The first-order chi connectivity index (χ1) is 7.77. The van der Waals surface area contributed by atoms with E-state index in [2.05, 4.69) is 10.3 Å². The molecule has 2 rings (SSSR count). The second-order valence-corrected chi connectivity index (χ2v) is 3.82. The second kappa shape index (κ2) is 8.13. The summed E-state index contributed by atoms with van der Waals surface area (Å²) in [4.78, 5) is 15.0. The molecule has 1 aliphatic rings. The molecular weight excluding hydrogens is 277 g/mol. The van der Waals surface area contributed by atoms with E-state index in [1.165, 1.54) is 12.6 Å². The zero-order valence-electron chi connectivity index (χ0n) is 9.80. The molecule has 1 aromatic rings. The van der Waals surface area contributed by atoms with Crippen molar-refractivity contribution in [2.45, 2.75) is 18.9 Å². The molecule has 0 aromatic carbocycles. The van der Waals surface area contributed by atoms with Gasteiger partial charge in [-0.1, -0.05) is 0 Å². The fourth-order valence-electron chi connectivity index (χ4n) is 1.78. The van der Waals surface area contributed by atoms with Gasteiger partial charge in [-0.3, -0.25) is 4.79 Å². The number of carbonyl (C=O) groups excluding carboxylic acids is 1. The number of amides is 1. The van der Waals surface area contributed by atoms with Crippen LogP contribution in [0.15, 0.2) is 18.3 Å². The maximum absolute atomic E-state index is 11.1. The van der Waals surface area contributed by atoms with E-state index in [1.807, 2.05) is 0 Å². The van der Waals surface area contributed by atoms with Crippen molar-refractivity contribution in [3.05, 3.63) is 24.0 Å². The smallest absolute Gasteiger partial charge is 0.271 e. The van der Waals surface area contributed by atoms with E-state index in [1.54, 1.807) is 12.1 Å². The lowest BCUT2D eigenvalue weighted by molar-refractivity contribution is 0.0990. The minimum Gasteiger partial charge on any atom is -0.489 e. The van der Waals surface area contributed by atoms with Crippen molar-refractivity contribution in [3.63, 3.8) is 0 Å². The molecular formula is C11H17Cl2N3O2. The number of nitrogens with zero attached hydrogens (tertiary/aromatic N) is 1. The molecule has 3 N–H and O–H groups in total. The summed E-state index contributed by atoms with van der Waals surface area (Å²) < 4.78 is 5.56. The Bertz CT molecular complexity index is 384. The molecule has 0 radical (unpaired) electrons. The number of halogens is 2. The molecule has 1 fully saturated rings. The molecule has 1 saturated heterocycles. The highest BCUT2D eigenvalue weighted by Gasteiger charge is 2.16. The summed E-state index contributed by atoms with van der Waals surface area (Å²) in [6, 6.07) is 3.80. The first-order valence-electron chi connectivity index (χ1n) is 5.38. The van der Waals surface area contributed by atoms with Crippen LogP contribution in [-0.2, 0) is 0 Å². The molecule has 7 heteroatoms. The van der Waals surface area contributed by atoms with E-state index in [0.29, 0.717) is 18.4 Å². The third-order valence-electron chi connectivity index (χ3n) is 2.61. The summed E-state index contributed by atoms with van der Waals surface area (Å²) in [5.74, 6) is -0.0984. The Balaban J connectivity index is 0.00000144. The van der Waals surface area contributed by atoms with Crippen molar-refractivity contribution in [3.8, 4) is 5.75 Å². The highest BCUT2D eigenvalue weighted by molar-refractivity contribution is 5.93. The average molecular weight is 294 g/mol. The summed E-state index contributed by atoms with van der Waals surface area (Å²) in [7, 11) is 0. The summed E-state index contributed by atoms with van der Waals surface area (Å²) in [5.41, 5.74) is 5.40. The lowest BCUT2D eigenvalue weighted by Gasteiger charge is -2.13. The normalized spacial score (nSPS) is 17.4. The van der Waals surface area contributed by atoms with Crippen LogP contribution in [0.2, 0.25) is 0 Å². The Kier molecular flexibility index (Phi) is 7.66. The molecule has 1 amide bonds.